The molecule has 6 amide bonds. The number of methoxy groups -OCH3 is 2. The van der Waals surface area contributed by atoms with Crippen molar-refractivity contribution in [2.45, 2.75) is 24.2 Å². The molecule has 0 aromatic carbocycles. The van der Waals surface area contributed by atoms with Gasteiger partial charge in [-0.3, -0.25) is 9.59 Å². The molecule has 192 valence electrons. The number of nitrogens with two attached hydrogens (primary N) is 2. The lowest BCUT2D eigenvalue weighted by Gasteiger charge is -2.28. The van der Waals surface area contributed by atoms with E-state index >= 15 is 0 Å². The van der Waals surface area contributed by atoms with E-state index in [2.05, 4.69) is 0 Å². The van der Waals surface area contributed by atoms with Gasteiger partial charge in [-0.15, -0.1) is 8.57 Å². The van der Waals surface area contributed by atoms with Crippen LogP contribution in [0.1, 0.15) is 0 Å². The Bertz CT molecular complexity index is 1040. The predicted octanol–water partition coefficient (Wildman–Crippen LogP) is -2.81. The van der Waals surface area contributed by atoms with Crippen molar-refractivity contribution in [1.82, 2.24) is 19.9 Å². The van der Waals surface area contributed by atoms with Gasteiger partial charge in [0.25, 0.3) is 0 Å². The van der Waals surface area contributed by atoms with Gasteiger partial charge in [0.2, 0.25) is 11.8 Å². The Labute approximate surface area is 199 Å². The van der Waals surface area contributed by atoms with Gasteiger partial charge in [0.15, 0.2) is 0 Å². The van der Waals surface area contributed by atoms with Crippen molar-refractivity contribution in [1.29, 1.82) is 0 Å². The molecule has 0 saturated carbocycles. The molecule has 4 bridgehead atoms. The molecule has 2 fully saturated rings. The van der Waals surface area contributed by atoms with E-state index in [1.807, 2.05) is 0 Å². The Morgan fingerprint density at radius 2 is 1.23 bits per heavy atom. The van der Waals surface area contributed by atoms with Gasteiger partial charge >= 0.3 is 22.5 Å². The van der Waals surface area contributed by atoms with Gasteiger partial charge in [0.1, 0.15) is 24.2 Å². The van der Waals surface area contributed by atoms with Gasteiger partial charge < -0.3 is 30.7 Å². The molecule has 16 nitrogen and oxygen atoms in total. The molecule has 4 N–H and O–H groups in total. The third-order valence-corrected chi connectivity index (χ3v) is 6.68. The standard InChI is InChI=1S/C18H24N6O10S/c1-31-7-9-3-11(15(19)25)21-5-13(9)23(17(21)27)33-35(29,30)34-24-14-6-22(18(24)28)12(16(20)26)4-10(14)8-32-2/h3-4,11-14H,5-8H2,1-2H3,(H2,19,25)(H2,20,26)/t11-,12-,13-,14-/m0/s1. The van der Waals surface area contributed by atoms with E-state index < -0.39 is 58.4 Å². The largest absolute Gasteiger partial charge is 0.442 e. The van der Waals surface area contributed by atoms with Crippen LogP contribution in [0.2, 0.25) is 0 Å². The first-order valence-corrected chi connectivity index (χ1v) is 11.6. The lowest BCUT2D eigenvalue weighted by molar-refractivity contribution is -0.121. The summed E-state index contributed by atoms with van der Waals surface area (Å²) in [6, 6.07) is -5.98. The quantitative estimate of drug-likeness (QED) is 0.285. The highest BCUT2D eigenvalue weighted by atomic mass is 32.3. The minimum absolute atomic E-state index is 0.0301. The average molecular weight is 516 g/mol. The molecule has 4 aliphatic rings. The van der Waals surface area contributed by atoms with Crippen molar-refractivity contribution in [2.24, 2.45) is 11.5 Å². The Morgan fingerprint density at radius 3 is 1.54 bits per heavy atom. The monoisotopic (exact) mass is 516 g/mol. The first kappa shape index (κ1) is 24.9. The molecule has 0 radical (unpaired) electrons. The van der Waals surface area contributed by atoms with Gasteiger partial charge in [-0.05, 0) is 23.3 Å². The van der Waals surface area contributed by atoms with Crippen molar-refractivity contribution in [3.05, 3.63) is 23.3 Å². The van der Waals surface area contributed by atoms with E-state index in [-0.39, 0.29) is 26.3 Å². The third-order valence-electron chi connectivity index (χ3n) is 5.99. The van der Waals surface area contributed by atoms with E-state index in [4.69, 9.17) is 29.5 Å². The molecule has 0 aromatic heterocycles. The van der Waals surface area contributed by atoms with Gasteiger partial charge in [-0.1, -0.05) is 0 Å². The SMILES string of the molecule is COCC1=C[C@@H](C(N)=O)N2C[C@@H]1N(OS(=O)(=O)ON1C(=O)N3C[C@H]1C(COC)=C[C@H]3C(N)=O)C2=O. The van der Waals surface area contributed by atoms with Crippen molar-refractivity contribution in [3.8, 4) is 0 Å². The first-order valence-electron chi connectivity index (χ1n) is 10.3. The van der Waals surface area contributed by atoms with Crippen LogP contribution in [0.5, 0.6) is 0 Å². The molecule has 0 spiro atoms. The summed E-state index contributed by atoms with van der Waals surface area (Å²) in [7, 11) is -2.30. The van der Waals surface area contributed by atoms with E-state index in [0.29, 0.717) is 21.3 Å². The minimum atomic E-state index is -5.06. The molecule has 4 heterocycles. The van der Waals surface area contributed by atoms with Gasteiger partial charge in [-0.2, -0.15) is 18.5 Å². The number of hydrogen-bond donors (Lipinski definition) is 2. The maximum absolute atomic E-state index is 12.8. The predicted molar refractivity (Wildman–Crippen MR) is 112 cm³/mol. The molecule has 35 heavy (non-hydrogen) atoms. The van der Waals surface area contributed by atoms with Crippen LogP contribution in [0.25, 0.3) is 0 Å². The second kappa shape index (κ2) is 9.08. The lowest BCUT2D eigenvalue weighted by atomic mass is 10.0. The molecular formula is C18H24N6O10S. The number of nitrogens with zero attached hydrogens (tertiary/aromatic N) is 4. The Kier molecular flexibility index (Phi) is 6.45. The fourth-order valence-electron chi connectivity index (χ4n) is 4.48. The Balaban J connectivity index is 1.56. The van der Waals surface area contributed by atoms with Crippen LogP contribution in [-0.2, 0) is 38.0 Å². The molecule has 4 atom stereocenters. The number of ether oxygens (including phenoxy) is 2. The number of carbonyl (C=O) groups excluding carboxylic acids is 4. The summed E-state index contributed by atoms with van der Waals surface area (Å²) in [5.74, 6) is -1.64. The summed E-state index contributed by atoms with van der Waals surface area (Å²) in [5, 5.41) is 1.04. The number of fused-ring (bicyclic) bond motifs is 4. The van der Waals surface area contributed by atoms with Crippen molar-refractivity contribution >= 4 is 34.3 Å². The van der Waals surface area contributed by atoms with Gasteiger partial charge in [0.05, 0.1) is 26.3 Å². The Hall–Kier alpha value is -3.25. The van der Waals surface area contributed by atoms with Gasteiger partial charge in [-0.25, -0.2) is 9.59 Å². The summed E-state index contributed by atoms with van der Waals surface area (Å²) in [6.07, 6.45) is 2.81. The Morgan fingerprint density at radius 1 is 0.857 bits per heavy atom. The van der Waals surface area contributed by atoms with Crippen LogP contribution in [0.3, 0.4) is 0 Å². The van der Waals surface area contributed by atoms with Crippen molar-refractivity contribution < 1.29 is 45.6 Å². The number of amides is 6. The highest BCUT2D eigenvalue weighted by molar-refractivity contribution is 7.81. The summed E-state index contributed by atoms with van der Waals surface area (Å²) in [4.78, 5) is 51.3. The number of primary amides is 2. The number of urea groups is 2. The topological polar surface area (TPSA) is 204 Å². The number of rotatable bonds is 10. The van der Waals surface area contributed by atoms with Crippen molar-refractivity contribution in [2.75, 3.05) is 40.5 Å². The fourth-order valence-corrected chi connectivity index (χ4v) is 5.23. The van der Waals surface area contributed by atoms with E-state index in [9.17, 15) is 27.6 Å². The molecule has 0 aliphatic carbocycles. The van der Waals surface area contributed by atoms with E-state index in [0.717, 1.165) is 9.80 Å². The fraction of sp³-hybridized carbons (Fsp3) is 0.556. The van der Waals surface area contributed by atoms with Gasteiger partial charge in [0, 0.05) is 14.2 Å². The molecule has 0 aromatic rings. The molecule has 17 heteroatoms. The molecular weight excluding hydrogens is 492 g/mol. The van der Waals surface area contributed by atoms with Crippen molar-refractivity contribution in [3.63, 3.8) is 0 Å². The molecule has 2 saturated heterocycles. The van der Waals surface area contributed by atoms with Crippen LogP contribution in [0.4, 0.5) is 9.59 Å². The molecule has 4 rings (SSSR count). The number of hydrogen-bond acceptors (Lipinski definition) is 10. The zero-order valence-corrected chi connectivity index (χ0v) is 19.5. The lowest BCUT2D eigenvalue weighted by Crippen LogP contribution is -2.47. The summed E-state index contributed by atoms with van der Waals surface area (Å²) in [6.45, 7) is -0.232. The highest BCUT2D eigenvalue weighted by Gasteiger charge is 2.53. The maximum Gasteiger partial charge on any atom is 0.442 e. The average Bonchev–Trinajstić information content (AvgIpc) is 3.19. The summed E-state index contributed by atoms with van der Waals surface area (Å²) >= 11 is 0. The van der Waals surface area contributed by atoms with Crippen LogP contribution in [0.15, 0.2) is 23.3 Å². The minimum Gasteiger partial charge on any atom is -0.380 e. The van der Waals surface area contributed by atoms with E-state index in [1.54, 1.807) is 0 Å². The number of hydroxylamine groups is 4. The zero-order chi connectivity index (χ0) is 25.7. The molecule has 4 aliphatic heterocycles. The second-order valence-corrected chi connectivity index (χ2v) is 9.27. The summed E-state index contributed by atoms with van der Waals surface area (Å²) < 4.78 is 45.7. The van der Waals surface area contributed by atoms with Crippen LogP contribution in [-0.4, -0.2) is 117 Å². The van der Waals surface area contributed by atoms with Crippen LogP contribution >= 0.6 is 0 Å². The molecule has 0 unspecified atom stereocenters. The van der Waals surface area contributed by atoms with Crippen LogP contribution < -0.4 is 11.5 Å². The van der Waals surface area contributed by atoms with Crippen LogP contribution in [0, 0.1) is 0 Å². The zero-order valence-electron chi connectivity index (χ0n) is 18.7. The highest BCUT2D eigenvalue weighted by Crippen LogP contribution is 2.34. The van der Waals surface area contributed by atoms with E-state index in [1.165, 1.54) is 26.4 Å². The maximum atomic E-state index is 12.8. The normalized spacial score (nSPS) is 27.9. The smallest absolute Gasteiger partial charge is 0.380 e. The second-order valence-electron chi connectivity index (χ2n) is 8.15. The first-order chi connectivity index (χ1) is 16.5. The third kappa shape index (κ3) is 4.31. The number of carbonyl (C=O) groups is 4. The summed E-state index contributed by atoms with van der Waals surface area (Å²) in [5.41, 5.74) is 11.5.